The lowest BCUT2D eigenvalue weighted by Gasteiger charge is -2.03. The van der Waals surface area contributed by atoms with Crippen LogP contribution in [0.1, 0.15) is 50.7 Å². The molecule has 20 heavy (non-hydrogen) atoms. The summed E-state index contributed by atoms with van der Waals surface area (Å²) in [6.45, 7) is 8.69. The largest absolute Gasteiger partial charge is 0.399 e. The molecule has 0 bridgehead atoms. The Hall–Kier alpha value is -1.96. The van der Waals surface area contributed by atoms with Crippen LogP contribution in [0.15, 0.2) is 48.5 Å². The average Bonchev–Trinajstić information content (AvgIpc) is 2.40. The predicted octanol–water partition coefficient (Wildman–Crippen LogP) is 4.78. The van der Waals surface area contributed by atoms with Gasteiger partial charge in [-0.25, -0.2) is 0 Å². The van der Waals surface area contributed by atoms with Crippen LogP contribution in [0.5, 0.6) is 0 Å². The Kier molecular flexibility index (Phi) is 6.10. The topological polar surface area (TPSA) is 52.0 Å². The molecule has 2 rings (SSSR count). The Morgan fingerprint density at radius 2 is 0.800 bits per heavy atom. The molecule has 0 radical (unpaired) electrons. The van der Waals surface area contributed by atoms with Crippen molar-refractivity contribution in [3.8, 4) is 0 Å². The zero-order valence-electron chi connectivity index (χ0n) is 12.9. The van der Waals surface area contributed by atoms with Gasteiger partial charge in [0.05, 0.1) is 0 Å². The van der Waals surface area contributed by atoms with Crippen LogP contribution in [-0.4, -0.2) is 0 Å². The minimum absolute atomic E-state index is 0.598. The van der Waals surface area contributed by atoms with Gasteiger partial charge in [0, 0.05) is 11.4 Å². The third-order valence-corrected chi connectivity index (χ3v) is 3.21. The van der Waals surface area contributed by atoms with Crippen molar-refractivity contribution in [2.24, 2.45) is 0 Å². The van der Waals surface area contributed by atoms with E-state index in [2.05, 4.69) is 52.0 Å². The first-order valence-corrected chi connectivity index (χ1v) is 7.11. The molecule has 0 atom stereocenters. The minimum atomic E-state index is 0.598. The number of nitrogens with two attached hydrogens (primary N) is 2. The molecule has 0 spiro atoms. The molecule has 0 unspecified atom stereocenters. The molecule has 0 saturated heterocycles. The monoisotopic (exact) mass is 270 g/mol. The summed E-state index contributed by atoms with van der Waals surface area (Å²) in [6.07, 6.45) is 0. The second kappa shape index (κ2) is 7.59. The normalized spacial score (nSPS) is 10.3. The fourth-order valence-electron chi connectivity index (χ4n) is 1.76. The number of hydrogen-bond acceptors (Lipinski definition) is 2. The molecule has 0 heterocycles. The van der Waals surface area contributed by atoms with Crippen molar-refractivity contribution in [2.45, 2.75) is 39.5 Å². The average molecular weight is 270 g/mol. The Balaban J connectivity index is 0.000000200. The molecular formula is C18H26N2. The van der Waals surface area contributed by atoms with Gasteiger partial charge < -0.3 is 11.5 Å². The van der Waals surface area contributed by atoms with Gasteiger partial charge in [-0.1, -0.05) is 52.0 Å². The van der Waals surface area contributed by atoms with Crippen LogP contribution in [0.3, 0.4) is 0 Å². The number of hydrogen-bond donors (Lipinski definition) is 2. The third-order valence-electron chi connectivity index (χ3n) is 3.21. The molecule has 108 valence electrons. The number of nitrogen functional groups attached to an aromatic ring is 2. The lowest BCUT2D eigenvalue weighted by atomic mass is 10.0. The Labute approximate surface area is 122 Å². The summed E-state index contributed by atoms with van der Waals surface area (Å²) in [6, 6.07) is 16.0. The Morgan fingerprint density at radius 3 is 1.00 bits per heavy atom. The van der Waals surface area contributed by atoms with Crippen LogP contribution < -0.4 is 11.5 Å². The molecule has 2 nitrogen and oxygen atoms in total. The molecule has 0 aliphatic heterocycles. The standard InChI is InChI=1S/2C9H13N/c2*1-7(2)8-3-5-9(10)6-4-8/h2*3-7H,10H2,1-2H3. The van der Waals surface area contributed by atoms with Gasteiger partial charge in [0.25, 0.3) is 0 Å². The molecule has 0 aliphatic carbocycles. The molecule has 2 heteroatoms. The maximum Gasteiger partial charge on any atom is 0.0314 e. The highest BCUT2D eigenvalue weighted by atomic mass is 14.5. The molecule has 0 amide bonds. The number of anilines is 2. The third kappa shape index (κ3) is 5.35. The highest BCUT2D eigenvalue weighted by molar-refractivity contribution is 5.40. The van der Waals surface area contributed by atoms with E-state index in [0.717, 1.165) is 11.4 Å². The number of benzene rings is 2. The van der Waals surface area contributed by atoms with Crippen LogP contribution in [0, 0.1) is 0 Å². The van der Waals surface area contributed by atoms with Crippen molar-refractivity contribution < 1.29 is 0 Å². The van der Waals surface area contributed by atoms with Gasteiger partial charge in [-0.2, -0.15) is 0 Å². The summed E-state index contributed by atoms with van der Waals surface area (Å²) >= 11 is 0. The van der Waals surface area contributed by atoms with E-state index >= 15 is 0 Å². The molecule has 2 aromatic carbocycles. The summed E-state index contributed by atoms with van der Waals surface area (Å²) in [5.41, 5.74) is 15.4. The molecular weight excluding hydrogens is 244 g/mol. The van der Waals surface area contributed by atoms with Crippen molar-refractivity contribution in [3.05, 3.63) is 59.7 Å². The molecule has 0 aliphatic rings. The maximum absolute atomic E-state index is 5.53. The van der Waals surface area contributed by atoms with E-state index in [-0.39, 0.29) is 0 Å². The lowest BCUT2D eigenvalue weighted by molar-refractivity contribution is 0.867. The fourth-order valence-corrected chi connectivity index (χ4v) is 1.76. The van der Waals surface area contributed by atoms with Gasteiger partial charge >= 0.3 is 0 Å². The zero-order valence-corrected chi connectivity index (χ0v) is 12.9. The van der Waals surface area contributed by atoms with Crippen molar-refractivity contribution >= 4 is 11.4 Å². The van der Waals surface area contributed by atoms with Crippen molar-refractivity contribution in [2.75, 3.05) is 11.5 Å². The van der Waals surface area contributed by atoms with E-state index in [4.69, 9.17) is 11.5 Å². The smallest absolute Gasteiger partial charge is 0.0314 e. The van der Waals surface area contributed by atoms with Gasteiger partial charge in [0.15, 0.2) is 0 Å². The van der Waals surface area contributed by atoms with Crippen molar-refractivity contribution in [3.63, 3.8) is 0 Å². The van der Waals surface area contributed by atoms with Gasteiger partial charge in [-0.05, 0) is 47.2 Å². The first kappa shape index (κ1) is 16.1. The SMILES string of the molecule is CC(C)c1ccc(N)cc1.CC(C)c1ccc(N)cc1. The fraction of sp³-hybridized carbons (Fsp3) is 0.333. The second-order valence-electron chi connectivity index (χ2n) is 5.64. The zero-order chi connectivity index (χ0) is 15.1. The van der Waals surface area contributed by atoms with Crippen LogP contribution in [-0.2, 0) is 0 Å². The highest BCUT2D eigenvalue weighted by Crippen LogP contribution is 2.15. The van der Waals surface area contributed by atoms with Crippen LogP contribution in [0.2, 0.25) is 0 Å². The molecule has 0 fully saturated rings. The van der Waals surface area contributed by atoms with Crippen LogP contribution >= 0.6 is 0 Å². The lowest BCUT2D eigenvalue weighted by Crippen LogP contribution is -1.88. The van der Waals surface area contributed by atoms with Crippen LogP contribution in [0.25, 0.3) is 0 Å². The Bertz CT molecular complexity index is 446. The van der Waals surface area contributed by atoms with E-state index in [1.165, 1.54) is 11.1 Å². The number of rotatable bonds is 2. The maximum atomic E-state index is 5.53. The van der Waals surface area contributed by atoms with Gasteiger partial charge in [-0.3, -0.25) is 0 Å². The quantitative estimate of drug-likeness (QED) is 0.771. The predicted molar refractivity (Wildman–Crippen MR) is 89.9 cm³/mol. The van der Waals surface area contributed by atoms with Crippen LogP contribution in [0.4, 0.5) is 11.4 Å². The van der Waals surface area contributed by atoms with E-state index in [1.807, 2.05) is 24.3 Å². The van der Waals surface area contributed by atoms with E-state index in [1.54, 1.807) is 0 Å². The van der Waals surface area contributed by atoms with Crippen molar-refractivity contribution in [1.29, 1.82) is 0 Å². The van der Waals surface area contributed by atoms with Gasteiger partial charge in [0.2, 0.25) is 0 Å². The summed E-state index contributed by atoms with van der Waals surface area (Å²) in [7, 11) is 0. The summed E-state index contributed by atoms with van der Waals surface area (Å²) in [5, 5.41) is 0. The first-order valence-electron chi connectivity index (χ1n) is 7.11. The minimum Gasteiger partial charge on any atom is -0.399 e. The first-order chi connectivity index (χ1) is 9.40. The summed E-state index contributed by atoms with van der Waals surface area (Å²) in [4.78, 5) is 0. The van der Waals surface area contributed by atoms with E-state index in [9.17, 15) is 0 Å². The summed E-state index contributed by atoms with van der Waals surface area (Å²) < 4.78 is 0. The van der Waals surface area contributed by atoms with Crippen molar-refractivity contribution in [1.82, 2.24) is 0 Å². The molecule has 0 saturated carbocycles. The highest BCUT2D eigenvalue weighted by Gasteiger charge is 1.96. The molecule has 2 aromatic rings. The van der Waals surface area contributed by atoms with Gasteiger partial charge in [-0.15, -0.1) is 0 Å². The van der Waals surface area contributed by atoms with Gasteiger partial charge in [0.1, 0.15) is 0 Å². The second-order valence-corrected chi connectivity index (χ2v) is 5.64. The summed E-state index contributed by atoms with van der Waals surface area (Å²) in [5.74, 6) is 1.20. The Morgan fingerprint density at radius 1 is 0.550 bits per heavy atom. The van der Waals surface area contributed by atoms with E-state index < -0.39 is 0 Å². The molecule has 0 aromatic heterocycles. The van der Waals surface area contributed by atoms with E-state index in [0.29, 0.717) is 11.8 Å². The molecule has 4 N–H and O–H groups in total.